The van der Waals surface area contributed by atoms with Gasteiger partial charge in [-0.1, -0.05) is 23.7 Å². The highest BCUT2D eigenvalue weighted by Gasteiger charge is 2.11. The second-order valence-corrected chi connectivity index (χ2v) is 6.69. The lowest BCUT2D eigenvalue weighted by atomic mass is 10.1. The first kappa shape index (κ1) is 16.0. The average molecular weight is 372 g/mol. The summed E-state index contributed by atoms with van der Waals surface area (Å²) in [5, 5.41) is 30.9. The summed E-state index contributed by atoms with van der Waals surface area (Å²) in [5.41, 5.74) is 2.44. The summed E-state index contributed by atoms with van der Waals surface area (Å²) < 4.78 is 1.69. The number of thiophene rings is 1. The Balaban J connectivity index is 1.53. The Bertz CT molecular complexity index is 984. The Hall–Kier alpha value is -2.48. The van der Waals surface area contributed by atoms with Gasteiger partial charge in [0.05, 0.1) is 6.10 Å². The number of nitrogens with zero attached hydrogens (tertiary/aromatic N) is 4. The molecule has 126 valence electrons. The molecule has 4 rings (SSSR count). The normalized spacial score (nSPS) is 12.4. The molecular formula is C17H14ClN5OS. The van der Waals surface area contributed by atoms with E-state index >= 15 is 0 Å². The molecule has 4 aromatic rings. The van der Waals surface area contributed by atoms with Crippen LogP contribution >= 0.6 is 22.9 Å². The maximum atomic E-state index is 10.3. The van der Waals surface area contributed by atoms with Crippen molar-refractivity contribution in [3.05, 3.63) is 63.8 Å². The van der Waals surface area contributed by atoms with Gasteiger partial charge in [-0.25, -0.2) is 0 Å². The van der Waals surface area contributed by atoms with Crippen LogP contribution in [0.3, 0.4) is 0 Å². The molecule has 0 aliphatic heterocycles. The molecule has 0 saturated carbocycles. The number of rotatable bonds is 5. The van der Waals surface area contributed by atoms with Crippen LogP contribution in [0, 0.1) is 0 Å². The summed E-state index contributed by atoms with van der Waals surface area (Å²) >= 11 is 7.47. The summed E-state index contributed by atoms with van der Waals surface area (Å²) in [6, 6.07) is 12.8. The first-order valence-corrected chi connectivity index (χ1v) is 8.95. The molecule has 1 atom stereocenters. The van der Waals surface area contributed by atoms with Crippen LogP contribution in [-0.4, -0.2) is 31.5 Å². The highest BCUT2D eigenvalue weighted by molar-refractivity contribution is 7.08. The highest BCUT2D eigenvalue weighted by Crippen LogP contribution is 2.21. The van der Waals surface area contributed by atoms with Crippen LogP contribution in [0.15, 0.2) is 53.2 Å². The number of aliphatic hydroxyl groups is 1. The molecule has 0 aliphatic carbocycles. The molecule has 1 aromatic carbocycles. The molecule has 1 unspecified atom stereocenters. The molecule has 3 aromatic heterocycles. The third-order valence-corrected chi connectivity index (χ3v) is 4.71. The van der Waals surface area contributed by atoms with Crippen LogP contribution in [0.1, 0.15) is 11.7 Å². The van der Waals surface area contributed by atoms with E-state index in [1.165, 1.54) is 0 Å². The number of hydrogen-bond acceptors (Lipinski definition) is 6. The van der Waals surface area contributed by atoms with Crippen LogP contribution in [-0.2, 0) is 0 Å². The Kier molecular flexibility index (Phi) is 4.35. The number of fused-ring (bicyclic) bond motifs is 1. The first-order chi connectivity index (χ1) is 12.2. The quantitative estimate of drug-likeness (QED) is 0.560. The summed E-state index contributed by atoms with van der Waals surface area (Å²) in [5.74, 6) is 1.33. The van der Waals surface area contributed by atoms with E-state index in [4.69, 9.17) is 11.6 Å². The largest absolute Gasteiger partial charge is 0.387 e. The third-order valence-electron chi connectivity index (χ3n) is 3.77. The van der Waals surface area contributed by atoms with Crippen molar-refractivity contribution in [2.24, 2.45) is 0 Å². The van der Waals surface area contributed by atoms with Crippen molar-refractivity contribution < 1.29 is 5.11 Å². The molecule has 6 nitrogen and oxygen atoms in total. The molecule has 25 heavy (non-hydrogen) atoms. The molecule has 0 aliphatic rings. The highest BCUT2D eigenvalue weighted by atomic mass is 35.5. The maximum Gasteiger partial charge on any atom is 0.186 e. The number of aliphatic hydroxyl groups excluding tert-OH is 1. The minimum atomic E-state index is -0.660. The number of benzene rings is 1. The number of hydrogen-bond donors (Lipinski definition) is 2. The lowest BCUT2D eigenvalue weighted by Gasteiger charge is -2.13. The van der Waals surface area contributed by atoms with E-state index in [2.05, 4.69) is 20.6 Å². The zero-order valence-electron chi connectivity index (χ0n) is 13.0. The van der Waals surface area contributed by atoms with Crippen LogP contribution in [0.5, 0.6) is 0 Å². The Labute approximate surface area is 152 Å². The second kappa shape index (κ2) is 6.79. The summed E-state index contributed by atoms with van der Waals surface area (Å²) in [6.07, 6.45) is -0.660. The second-order valence-electron chi connectivity index (χ2n) is 5.47. The van der Waals surface area contributed by atoms with Gasteiger partial charge in [-0.15, -0.1) is 15.3 Å². The molecule has 0 spiro atoms. The fourth-order valence-electron chi connectivity index (χ4n) is 2.46. The van der Waals surface area contributed by atoms with E-state index in [9.17, 15) is 5.11 Å². The van der Waals surface area contributed by atoms with Gasteiger partial charge >= 0.3 is 0 Å². The zero-order chi connectivity index (χ0) is 17.2. The van der Waals surface area contributed by atoms with Gasteiger partial charge in [0.15, 0.2) is 11.5 Å². The topological polar surface area (TPSA) is 75.3 Å². The van der Waals surface area contributed by atoms with Crippen LogP contribution in [0.4, 0.5) is 5.82 Å². The molecule has 0 radical (unpaired) electrons. The number of aromatic nitrogens is 4. The summed E-state index contributed by atoms with van der Waals surface area (Å²) in [4.78, 5) is 0. The number of anilines is 1. The molecule has 0 saturated heterocycles. The van der Waals surface area contributed by atoms with Gasteiger partial charge in [0.2, 0.25) is 0 Å². The van der Waals surface area contributed by atoms with E-state index in [1.807, 2.05) is 29.0 Å². The predicted molar refractivity (Wildman–Crippen MR) is 99.0 cm³/mol. The van der Waals surface area contributed by atoms with E-state index in [1.54, 1.807) is 40.1 Å². The standard InChI is InChI=1S/C17H14ClN5OS/c18-13-3-1-11(2-4-13)14(24)9-19-15-5-6-16-20-21-17(23(16)22-15)12-7-8-25-10-12/h1-8,10,14,24H,9H2,(H,19,22). The van der Waals surface area contributed by atoms with Crippen molar-refractivity contribution in [2.75, 3.05) is 11.9 Å². The summed E-state index contributed by atoms with van der Waals surface area (Å²) in [6.45, 7) is 0.329. The Morgan fingerprint density at radius 3 is 2.72 bits per heavy atom. The molecule has 0 bridgehead atoms. The lowest BCUT2D eigenvalue weighted by molar-refractivity contribution is 0.191. The van der Waals surface area contributed by atoms with Crippen molar-refractivity contribution >= 4 is 34.4 Å². The zero-order valence-corrected chi connectivity index (χ0v) is 14.6. The van der Waals surface area contributed by atoms with Gasteiger partial charge < -0.3 is 10.4 Å². The maximum absolute atomic E-state index is 10.3. The van der Waals surface area contributed by atoms with Gasteiger partial charge in [0.25, 0.3) is 0 Å². The van der Waals surface area contributed by atoms with Gasteiger partial charge in [-0.2, -0.15) is 15.9 Å². The SMILES string of the molecule is OC(CNc1ccc2nnc(-c3ccsc3)n2n1)c1ccc(Cl)cc1. The van der Waals surface area contributed by atoms with E-state index in [0.29, 0.717) is 28.9 Å². The van der Waals surface area contributed by atoms with Crippen LogP contribution in [0.2, 0.25) is 5.02 Å². The molecule has 0 amide bonds. The third kappa shape index (κ3) is 3.34. The van der Waals surface area contributed by atoms with E-state index in [-0.39, 0.29) is 0 Å². The molecule has 2 N–H and O–H groups in total. The minimum Gasteiger partial charge on any atom is -0.387 e. The molecule has 0 fully saturated rings. The average Bonchev–Trinajstić information content (AvgIpc) is 3.29. The van der Waals surface area contributed by atoms with Gasteiger partial charge in [0.1, 0.15) is 5.82 Å². The smallest absolute Gasteiger partial charge is 0.186 e. The first-order valence-electron chi connectivity index (χ1n) is 7.63. The predicted octanol–water partition coefficient (Wildman–Crippen LogP) is 3.65. The van der Waals surface area contributed by atoms with Crippen molar-refractivity contribution in [1.29, 1.82) is 0 Å². The molecular weight excluding hydrogens is 358 g/mol. The molecule has 3 heterocycles. The van der Waals surface area contributed by atoms with Crippen LogP contribution < -0.4 is 5.32 Å². The Morgan fingerprint density at radius 2 is 1.96 bits per heavy atom. The van der Waals surface area contributed by atoms with Gasteiger partial charge in [0, 0.05) is 22.5 Å². The van der Waals surface area contributed by atoms with E-state index in [0.717, 1.165) is 11.1 Å². The molecule has 8 heteroatoms. The fraction of sp³-hybridized carbons (Fsp3) is 0.118. The van der Waals surface area contributed by atoms with Gasteiger partial charge in [-0.3, -0.25) is 0 Å². The Morgan fingerprint density at radius 1 is 1.12 bits per heavy atom. The van der Waals surface area contributed by atoms with Crippen molar-refractivity contribution in [2.45, 2.75) is 6.10 Å². The van der Waals surface area contributed by atoms with E-state index < -0.39 is 6.10 Å². The van der Waals surface area contributed by atoms with Crippen molar-refractivity contribution in [3.8, 4) is 11.4 Å². The van der Waals surface area contributed by atoms with Gasteiger partial charge in [-0.05, 0) is 41.3 Å². The monoisotopic (exact) mass is 371 g/mol. The van der Waals surface area contributed by atoms with Crippen molar-refractivity contribution in [3.63, 3.8) is 0 Å². The van der Waals surface area contributed by atoms with Crippen LogP contribution in [0.25, 0.3) is 17.0 Å². The lowest BCUT2D eigenvalue weighted by Crippen LogP contribution is -2.13. The number of nitrogens with one attached hydrogen (secondary N) is 1. The minimum absolute atomic E-state index is 0.329. The fourth-order valence-corrected chi connectivity index (χ4v) is 3.22. The summed E-state index contributed by atoms with van der Waals surface area (Å²) in [7, 11) is 0. The van der Waals surface area contributed by atoms with Crippen molar-refractivity contribution in [1.82, 2.24) is 19.8 Å². The number of halogens is 1.